The van der Waals surface area contributed by atoms with E-state index in [1.807, 2.05) is 44.2 Å². The first-order chi connectivity index (χ1) is 11.4. The summed E-state index contributed by atoms with van der Waals surface area (Å²) in [5, 5.41) is 7.38. The molecule has 0 radical (unpaired) electrons. The normalized spacial score (nSPS) is 19.5. The predicted octanol–water partition coefficient (Wildman–Crippen LogP) is 1.91. The predicted molar refractivity (Wildman–Crippen MR) is 92.2 cm³/mol. The molecule has 1 aromatic carbocycles. The van der Waals surface area contributed by atoms with Gasteiger partial charge in [-0.3, -0.25) is 4.79 Å². The van der Waals surface area contributed by atoms with Crippen molar-refractivity contribution in [2.24, 2.45) is 0 Å². The Balaban J connectivity index is 1.90. The van der Waals surface area contributed by atoms with Crippen LogP contribution in [-0.2, 0) is 9.84 Å². The summed E-state index contributed by atoms with van der Waals surface area (Å²) in [5.74, 6) is 0.0382. The Bertz CT molecular complexity index is 841. The summed E-state index contributed by atoms with van der Waals surface area (Å²) in [6.45, 7) is 4.03. The molecule has 1 aromatic heterocycles. The molecule has 1 aliphatic rings. The van der Waals surface area contributed by atoms with Crippen molar-refractivity contribution < 1.29 is 13.2 Å². The number of carbonyl (C=O) groups is 1. The highest BCUT2D eigenvalue weighted by molar-refractivity contribution is 7.91. The largest absolute Gasteiger partial charge is 0.347 e. The molecule has 0 spiro atoms. The van der Waals surface area contributed by atoms with Crippen molar-refractivity contribution in [3.63, 3.8) is 0 Å². The zero-order valence-electron chi connectivity index (χ0n) is 13.8. The molecule has 1 fully saturated rings. The fraction of sp³-hybridized carbons (Fsp3) is 0.412. The Hall–Kier alpha value is -2.15. The smallest absolute Gasteiger partial charge is 0.270 e. The van der Waals surface area contributed by atoms with Crippen molar-refractivity contribution in [1.82, 2.24) is 15.1 Å². The van der Waals surface area contributed by atoms with Crippen molar-refractivity contribution in [2.75, 3.05) is 11.5 Å². The first-order valence-corrected chi connectivity index (χ1v) is 9.84. The summed E-state index contributed by atoms with van der Waals surface area (Å²) in [5.41, 5.74) is 2.05. The number of nitrogens with one attached hydrogen (secondary N) is 1. The van der Waals surface area contributed by atoms with Gasteiger partial charge in [0.05, 0.1) is 22.9 Å². The second kappa shape index (κ2) is 6.39. The molecule has 2 aromatic rings. The number of aromatic nitrogens is 2. The van der Waals surface area contributed by atoms with Crippen molar-refractivity contribution in [2.45, 2.75) is 32.2 Å². The van der Waals surface area contributed by atoms with Crippen LogP contribution in [0.1, 0.15) is 42.4 Å². The van der Waals surface area contributed by atoms with Crippen LogP contribution in [0.3, 0.4) is 0 Å². The van der Waals surface area contributed by atoms with Gasteiger partial charge in [-0.1, -0.05) is 32.0 Å². The van der Waals surface area contributed by atoms with E-state index in [4.69, 9.17) is 0 Å². The van der Waals surface area contributed by atoms with Crippen LogP contribution in [0.2, 0.25) is 0 Å². The Morgan fingerprint density at radius 2 is 2.00 bits per heavy atom. The maximum Gasteiger partial charge on any atom is 0.270 e. The van der Waals surface area contributed by atoms with Gasteiger partial charge in [0.25, 0.3) is 5.91 Å². The van der Waals surface area contributed by atoms with Crippen LogP contribution in [0.25, 0.3) is 5.69 Å². The van der Waals surface area contributed by atoms with E-state index in [1.54, 1.807) is 10.7 Å². The van der Waals surface area contributed by atoms with Crippen LogP contribution < -0.4 is 5.32 Å². The highest BCUT2D eigenvalue weighted by Crippen LogP contribution is 2.19. The van der Waals surface area contributed by atoms with E-state index in [0.29, 0.717) is 12.1 Å². The van der Waals surface area contributed by atoms with Gasteiger partial charge in [0.1, 0.15) is 5.69 Å². The van der Waals surface area contributed by atoms with Gasteiger partial charge >= 0.3 is 0 Å². The number of hydrogen-bond donors (Lipinski definition) is 1. The van der Waals surface area contributed by atoms with E-state index in [0.717, 1.165) is 11.4 Å². The van der Waals surface area contributed by atoms with E-state index < -0.39 is 9.84 Å². The fourth-order valence-corrected chi connectivity index (χ4v) is 4.45. The lowest BCUT2D eigenvalue weighted by Crippen LogP contribution is -2.36. The Morgan fingerprint density at radius 1 is 1.29 bits per heavy atom. The summed E-state index contributed by atoms with van der Waals surface area (Å²) in [6, 6.07) is 10.9. The molecule has 1 N–H and O–H groups in total. The number of benzene rings is 1. The molecule has 0 unspecified atom stereocenters. The number of sulfone groups is 1. The van der Waals surface area contributed by atoms with Gasteiger partial charge in [0, 0.05) is 6.04 Å². The van der Waals surface area contributed by atoms with Crippen molar-refractivity contribution in [3.05, 3.63) is 47.8 Å². The SMILES string of the molecule is CC(C)c1cc(C(=O)N[C@@H]2CCS(=O)(=O)C2)n(-c2ccccc2)n1. The molecule has 2 heterocycles. The molecule has 6 nitrogen and oxygen atoms in total. The van der Waals surface area contributed by atoms with Crippen LogP contribution in [0.15, 0.2) is 36.4 Å². The lowest BCUT2D eigenvalue weighted by Gasteiger charge is -2.12. The minimum Gasteiger partial charge on any atom is -0.347 e. The molecule has 0 saturated carbocycles. The van der Waals surface area contributed by atoms with Gasteiger partial charge in [0.2, 0.25) is 0 Å². The molecule has 3 rings (SSSR count). The number of para-hydroxylation sites is 1. The van der Waals surface area contributed by atoms with E-state index in [-0.39, 0.29) is 29.4 Å². The van der Waals surface area contributed by atoms with Crippen molar-refractivity contribution >= 4 is 15.7 Å². The summed E-state index contributed by atoms with van der Waals surface area (Å²) in [6.07, 6.45) is 0.463. The zero-order valence-corrected chi connectivity index (χ0v) is 14.6. The minimum absolute atomic E-state index is 0.00918. The van der Waals surface area contributed by atoms with Crippen LogP contribution in [0.4, 0.5) is 0 Å². The highest BCUT2D eigenvalue weighted by atomic mass is 32.2. The molecule has 1 saturated heterocycles. The number of amides is 1. The van der Waals surface area contributed by atoms with Gasteiger partial charge in [-0.15, -0.1) is 0 Å². The summed E-state index contributed by atoms with van der Waals surface area (Å²) in [7, 11) is -3.03. The lowest BCUT2D eigenvalue weighted by molar-refractivity contribution is 0.0933. The number of carbonyl (C=O) groups excluding carboxylic acids is 1. The lowest BCUT2D eigenvalue weighted by atomic mass is 10.1. The first-order valence-electron chi connectivity index (χ1n) is 8.02. The monoisotopic (exact) mass is 347 g/mol. The third kappa shape index (κ3) is 3.51. The number of nitrogens with zero attached hydrogens (tertiary/aromatic N) is 2. The second-order valence-corrected chi connectivity index (χ2v) is 8.66. The van der Waals surface area contributed by atoms with Crippen LogP contribution in [0, 0.1) is 0 Å². The van der Waals surface area contributed by atoms with Gasteiger partial charge in [0.15, 0.2) is 9.84 Å². The van der Waals surface area contributed by atoms with Gasteiger partial charge < -0.3 is 5.32 Å². The average molecular weight is 347 g/mol. The molecule has 1 atom stereocenters. The minimum atomic E-state index is -3.03. The van der Waals surface area contributed by atoms with Crippen molar-refractivity contribution in [3.8, 4) is 5.69 Å². The van der Waals surface area contributed by atoms with Crippen molar-refractivity contribution in [1.29, 1.82) is 0 Å². The maximum absolute atomic E-state index is 12.7. The Labute approximate surface area is 141 Å². The molecular weight excluding hydrogens is 326 g/mol. The quantitative estimate of drug-likeness (QED) is 0.916. The molecule has 0 bridgehead atoms. The van der Waals surface area contributed by atoms with E-state index in [9.17, 15) is 13.2 Å². The highest BCUT2D eigenvalue weighted by Gasteiger charge is 2.30. The standard InChI is InChI=1S/C17H21N3O3S/c1-12(2)15-10-16(20(19-15)14-6-4-3-5-7-14)17(21)18-13-8-9-24(22,23)11-13/h3-7,10,12-13H,8-9,11H2,1-2H3,(H,18,21)/t13-/m1/s1. The Morgan fingerprint density at radius 3 is 2.58 bits per heavy atom. The number of rotatable bonds is 4. The topological polar surface area (TPSA) is 81.1 Å². The molecule has 24 heavy (non-hydrogen) atoms. The van der Waals surface area contributed by atoms with Gasteiger partial charge in [-0.2, -0.15) is 5.10 Å². The van der Waals surface area contributed by atoms with E-state index in [1.165, 1.54) is 0 Å². The van der Waals surface area contributed by atoms with Crippen LogP contribution in [0.5, 0.6) is 0 Å². The maximum atomic E-state index is 12.7. The summed E-state index contributed by atoms with van der Waals surface area (Å²) < 4.78 is 24.8. The van der Waals surface area contributed by atoms with E-state index >= 15 is 0 Å². The number of hydrogen-bond acceptors (Lipinski definition) is 4. The third-order valence-corrected chi connectivity index (χ3v) is 5.89. The van der Waals surface area contributed by atoms with Gasteiger partial charge in [-0.25, -0.2) is 13.1 Å². The summed E-state index contributed by atoms with van der Waals surface area (Å²) >= 11 is 0. The molecule has 7 heteroatoms. The van der Waals surface area contributed by atoms with E-state index in [2.05, 4.69) is 10.4 Å². The third-order valence-electron chi connectivity index (χ3n) is 4.12. The molecule has 128 valence electrons. The fourth-order valence-electron chi connectivity index (χ4n) is 2.78. The molecule has 1 amide bonds. The zero-order chi connectivity index (χ0) is 17.3. The second-order valence-electron chi connectivity index (χ2n) is 6.43. The van der Waals surface area contributed by atoms with Gasteiger partial charge in [-0.05, 0) is 30.5 Å². The van der Waals surface area contributed by atoms with Crippen LogP contribution in [-0.4, -0.2) is 41.7 Å². The molecular formula is C17H21N3O3S. The summed E-state index contributed by atoms with van der Waals surface area (Å²) in [4.78, 5) is 12.7. The van der Waals surface area contributed by atoms with Crippen LogP contribution >= 0.6 is 0 Å². The first kappa shape index (κ1) is 16.7. The average Bonchev–Trinajstić information content (AvgIpc) is 3.12. The molecule has 0 aliphatic carbocycles. The molecule has 1 aliphatic heterocycles. The Kier molecular flexibility index (Phi) is 4.45.